The fourth-order valence-corrected chi connectivity index (χ4v) is 1.48. The number of carbonyl (C=O) groups excluding carboxylic acids is 1. The van der Waals surface area contributed by atoms with Crippen LogP contribution in [0.1, 0.15) is 17.3 Å². The van der Waals surface area contributed by atoms with Gasteiger partial charge in [0.2, 0.25) is 5.88 Å². The zero-order valence-electron chi connectivity index (χ0n) is 9.18. The highest BCUT2D eigenvalue weighted by Gasteiger charge is 2.09. The van der Waals surface area contributed by atoms with Crippen LogP contribution in [0.2, 0.25) is 5.02 Å². The first kappa shape index (κ1) is 11.6. The third-order valence-electron chi connectivity index (χ3n) is 2.18. The number of carbonyl (C=O) groups is 1. The minimum absolute atomic E-state index is 0.0814. The summed E-state index contributed by atoms with van der Waals surface area (Å²) in [7, 11) is 0. The van der Waals surface area contributed by atoms with Gasteiger partial charge in [-0.15, -0.1) is 0 Å². The molecule has 0 aliphatic carbocycles. The number of aromatic nitrogens is 1. The summed E-state index contributed by atoms with van der Waals surface area (Å²) in [5.74, 6) is 0.819. The SMILES string of the molecule is CC(=O)c1cccnc1Oc1ccc(Cl)cc1. The lowest BCUT2D eigenvalue weighted by molar-refractivity contribution is 0.101. The highest BCUT2D eigenvalue weighted by molar-refractivity contribution is 6.30. The molecular formula is C13H10ClNO2. The van der Waals surface area contributed by atoms with Gasteiger partial charge in [-0.2, -0.15) is 0 Å². The maximum atomic E-state index is 11.4. The highest BCUT2D eigenvalue weighted by Crippen LogP contribution is 2.24. The average molecular weight is 248 g/mol. The number of Topliss-reactive ketones (excluding diaryl/α,β-unsaturated/α-hetero) is 1. The van der Waals surface area contributed by atoms with Crippen molar-refractivity contribution in [2.24, 2.45) is 0 Å². The maximum absolute atomic E-state index is 11.4. The first-order valence-electron chi connectivity index (χ1n) is 5.06. The molecule has 0 aliphatic rings. The lowest BCUT2D eigenvalue weighted by Gasteiger charge is -2.07. The van der Waals surface area contributed by atoms with E-state index in [0.29, 0.717) is 22.2 Å². The van der Waals surface area contributed by atoms with Crippen molar-refractivity contribution in [1.82, 2.24) is 4.98 Å². The van der Waals surface area contributed by atoms with Crippen LogP contribution >= 0.6 is 11.6 Å². The fourth-order valence-electron chi connectivity index (χ4n) is 1.35. The lowest BCUT2D eigenvalue weighted by atomic mass is 10.2. The highest BCUT2D eigenvalue weighted by atomic mass is 35.5. The van der Waals surface area contributed by atoms with Crippen LogP contribution in [0.3, 0.4) is 0 Å². The van der Waals surface area contributed by atoms with Gasteiger partial charge in [-0.25, -0.2) is 4.98 Å². The van der Waals surface area contributed by atoms with Gasteiger partial charge in [-0.3, -0.25) is 4.79 Å². The number of hydrogen-bond acceptors (Lipinski definition) is 3. The summed E-state index contributed by atoms with van der Waals surface area (Å²) in [5, 5.41) is 0.630. The van der Waals surface area contributed by atoms with Crippen molar-refractivity contribution in [1.29, 1.82) is 0 Å². The molecule has 0 aliphatic heterocycles. The van der Waals surface area contributed by atoms with Crippen LogP contribution in [0.5, 0.6) is 11.6 Å². The molecule has 0 saturated heterocycles. The summed E-state index contributed by atoms with van der Waals surface area (Å²) in [5.41, 5.74) is 0.461. The summed E-state index contributed by atoms with van der Waals surface area (Å²) in [6, 6.07) is 10.3. The summed E-state index contributed by atoms with van der Waals surface area (Å²) < 4.78 is 5.54. The van der Waals surface area contributed by atoms with Crippen molar-refractivity contribution in [2.75, 3.05) is 0 Å². The van der Waals surface area contributed by atoms with Gasteiger partial charge in [0.1, 0.15) is 5.75 Å². The van der Waals surface area contributed by atoms with E-state index in [2.05, 4.69) is 4.98 Å². The monoisotopic (exact) mass is 247 g/mol. The molecule has 3 nitrogen and oxygen atoms in total. The van der Waals surface area contributed by atoms with Crippen LogP contribution in [-0.4, -0.2) is 10.8 Å². The van der Waals surface area contributed by atoms with Gasteiger partial charge in [-0.1, -0.05) is 11.6 Å². The van der Waals surface area contributed by atoms with E-state index in [1.54, 1.807) is 42.6 Å². The van der Waals surface area contributed by atoms with E-state index < -0.39 is 0 Å². The summed E-state index contributed by atoms with van der Waals surface area (Å²) >= 11 is 5.77. The number of hydrogen-bond donors (Lipinski definition) is 0. The molecule has 0 radical (unpaired) electrons. The Labute approximate surface area is 104 Å². The molecule has 86 valence electrons. The van der Waals surface area contributed by atoms with E-state index in [4.69, 9.17) is 16.3 Å². The molecule has 1 aromatic carbocycles. The predicted molar refractivity (Wildman–Crippen MR) is 65.8 cm³/mol. The van der Waals surface area contributed by atoms with Crippen molar-refractivity contribution in [3.8, 4) is 11.6 Å². The Morgan fingerprint density at radius 3 is 2.59 bits per heavy atom. The average Bonchev–Trinajstić information content (AvgIpc) is 2.32. The Balaban J connectivity index is 2.30. The molecule has 0 fully saturated rings. The first-order chi connectivity index (χ1) is 8.16. The molecule has 0 N–H and O–H groups in total. The molecule has 0 atom stereocenters. The third kappa shape index (κ3) is 2.82. The predicted octanol–water partition coefficient (Wildman–Crippen LogP) is 3.73. The molecule has 2 aromatic rings. The first-order valence-corrected chi connectivity index (χ1v) is 5.44. The summed E-state index contributed by atoms with van der Waals surface area (Å²) in [4.78, 5) is 15.4. The Morgan fingerprint density at radius 1 is 1.24 bits per heavy atom. The van der Waals surface area contributed by atoms with E-state index in [0.717, 1.165) is 0 Å². The van der Waals surface area contributed by atoms with E-state index >= 15 is 0 Å². The number of halogens is 1. The minimum Gasteiger partial charge on any atom is -0.438 e. The molecule has 0 unspecified atom stereocenters. The van der Waals surface area contributed by atoms with Gasteiger partial charge in [-0.05, 0) is 43.3 Å². The normalized spacial score (nSPS) is 10.0. The number of pyridine rings is 1. The number of rotatable bonds is 3. The molecule has 4 heteroatoms. The molecule has 17 heavy (non-hydrogen) atoms. The third-order valence-corrected chi connectivity index (χ3v) is 2.43. The van der Waals surface area contributed by atoms with Gasteiger partial charge in [0.05, 0.1) is 5.56 Å². The fraction of sp³-hybridized carbons (Fsp3) is 0.0769. The maximum Gasteiger partial charge on any atom is 0.230 e. The standard InChI is InChI=1S/C13H10ClNO2/c1-9(16)12-3-2-8-15-13(12)17-11-6-4-10(14)5-7-11/h2-8H,1H3. The Morgan fingerprint density at radius 2 is 1.94 bits per heavy atom. The number of ether oxygens (including phenoxy) is 1. The Bertz CT molecular complexity index is 537. The van der Waals surface area contributed by atoms with Crippen LogP contribution in [0, 0.1) is 0 Å². The smallest absolute Gasteiger partial charge is 0.230 e. The quantitative estimate of drug-likeness (QED) is 0.776. The molecule has 0 saturated carbocycles. The zero-order chi connectivity index (χ0) is 12.3. The van der Waals surface area contributed by atoms with Crippen LogP contribution < -0.4 is 4.74 Å². The van der Waals surface area contributed by atoms with Crippen LogP contribution in [0.15, 0.2) is 42.6 Å². The van der Waals surface area contributed by atoms with Gasteiger partial charge >= 0.3 is 0 Å². The van der Waals surface area contributed by atoms with Crippen molar-refractivity contribution in [2.45, 2.75) is 6.92 Å². The van der Waals surface area contributed by atoms with Crippen LogP contribution in [0.4, 0.5) is 0 Å². The molecule has 1 aromatic heterocycles. The van der Waals surface area contributed by atoms with Crippen molar-refractivity contribution in [3.05, 3.63) is 53.2 Å². The second kappa shape index (κ2) is 4.97. The molecule has 1 heterocycles. The van der Waals surface area contributed by atoms with Crippen molar-refractivity contribution in [3.63, 3.8) is 0 Å². The minimum atomic E-state index is -0.0814. The Hall–Kier alpha value is -1.87. The Kier molecular flexibility index (Phi) is 3.40. The largest absolute Gasteiger partial charge is 0.438 e. The molecule has 0 amide bonds. The topological polar surface area (TPSA) is 39.2 Å². The molecule has 2 rings (SSSR count). The van der Waals surface area contributed by atoms with Gasteiger partial charge in [0, 0.05) is 11.2 Å². The van der Waals surface area contributed by atoms with Gasteiger partial charge in [0.25, 0.3) is 0 Å². The van der Waals surface area contributed by atoms with Crippen molar-refractivity contribution < 1.29 is 9.53 Å². The lowest BCUT2D eigenvalue weighted by Crippen LogP contribution is -1.98. The number of nitrogens with zero attached hydrogens (tertiary/aromatic N) is 1. The summed E-state index contributed by atoms with van der Waals surface area (Å²) in [6.45, 7) is 1.48. The van der Waals surface area contributed by atoms with Gasteiger partial charge < -0.3 is 4.74 Å². The second-order valence-electron chi connectivity index (χ2n) is 3.47. The van der Waals surface area contributed by atoms with Gasteiger partial charge in [0.15, 0.2) is 5.78 Å². The molecule has 0 bridgehead atoms. The zero-order valence-corrected chi connectivity index (χ0v) is 9.94. The van der Waals surface area contributed by atoms with Crippen LogP contribution in [-0.2, 0) is 0 Å². The van der Waals surface area contributed by atoms with E-state index in [1.807, 2.05) is 0 Å². The van der Waals surface area contributed by atoms with E-state index in [9.17, 15) is 4.79 Å². The summed E-state index contributed by atoms with van der Waals surface area (Å²) in [6.07, 6.45) is 1.58. The number of ketones is 1. The van der Waals surface area contributed by atoms with E-state index in [1.165, 1.54) is 6.92 Å². The second-order valence-corrected chi connectivity index (χ2v) is 3.90. The number of benzene rings is 1. The van der Waals surface area contributed by atoms with Crippen LogP contribution in [0.25, 0.3) is 0 Å². The molecular weight excluding hydrogens is 238 g/mol. The molecule has 0 spiro atoms. The van der Waals surface area contributed by atoms with E-state index in [-0.39, 0.29) is 5.78 Å². The van der Waals surface area contributed by atoms with Crippen molar-refractivity contribution >= 4 is 17.4 Å².